The third kappa shape index (κ3) is 4.18. The van der Waals surface area contributed by atoms with Gasteiger partial charge in [0, 0.05) is 43.8 Å². The number of rotatable bonds is 4. The molecule has 11 rings (SSSR count). The summed E-state index contributed by atoms with van der Waals surface area (Å²) in [6.45, 7) is 4.77. The smallest absolute Gasteiger partial charge is 0.235 e. The highest BCUT2D eigenvalue weighted by Crippen LogP contribution is 2.58. The van der Waals surface area contributed by atoms with Gasteiger partial charge in [0.2, 0.25) is 5.95 Å². The van der Waals surface area contributed by atoms with E-state index in [0.29, 0.717) is 5.95 Å². The van der Waals surface area contributed by atoms with Crippen LogP contribution in [-0.2, 0) is 5.41 Å². The quantitative estimate of drug-likeness (QED) is 0.186. The number of aromatic nitrogens is 4. The molecule has 250 valence electrons. The average Bonchev–Trinajstić information content (AvgIpc) is 3.82. The van der Waals surface area contributed by atoms with E-state index in [1.807, 2.05) is 0 Å². The minimum absolute atomic E-state index is 0.306. The molecule has 3 heterocycles. The minimum atomic E-state index is -0.306. The van der Waals surface area contributed by atoms with Crippen molar-refractivity contribution in [2.24, 2.45) is 0 Å². The molecule has 0 spiro atoms. The molecule has 3 aromatic heterocycles. The Balaban J connectivity index is 1.40. The molecule has 0 saturated heterocycles. The first kappa shape index (κ1) is 29.9. The summed E-state index contributed by atoms with van der Waals surface area (Å²) in [7, 11) is 0. The van der Waals surface area contributed by atoms with E-state index < -0.39 is 0 Å². The van der Waals surface area contributed by atoms with Gasteiger partial charge in [0.15, 0.2) is 0 Å². The normalized spacial score (nSPS) is 13.2. The van der Waals surface area contributed by atoms with Crippen molar-refractivity contribution in [1.29, 1.82) is 0 Å². The van der Waals surface area contributed by atoms with Crippen molar-refractivity contribution in [2.75, 3.05) is 0 Å². The molecule has 0 aliphatic heterocycles. The lowest BCUT2D eigenvalue weighted by molar-refractivity contribution is 0.664. The van der Waals surface area contributed by atoms with Gasteiger partial charge >= 0.3 is 0 Å². The molecule has 7 aromatic carbocycles. The van der Waals surface area contributed by atoms with E-state index in [1.165, 1.54) is 54.8 Å². The molecule has 0 amide bonds. The molecule has 0 saturated carbocycles. The van der Waals surface area contributed by atoms with Crippen LogP contribution >= 0.6 is 0 Å². The van der Waals surface area contributed by atoms with Crippen LogP contribution in [-0.4, -0.2) is 19.1 Å². The second-order valence-electron chi connectivity index (χ2n) is 14.6. The molecular formula is C49H34N4. The van der Waals surface area contributed by atoms with Crippen LogP contribution in [0.25, 0.3) is 88.9 Å². The van der Waals surface area contributed by atoms with Gasteiger partial charge in [-0.15, -0.1) is 0 Å². The highest BCUT2D eigenvalue weighted by atomic mass is 15.2. The van der Waals surface area contributed by atoms with Crippen LogP contribution in [0, 0.1) is 0 Å². The molecule has 0 bridgehead atoms. The summed E-state index contributed by atoms with van der Waals surface area (Å²) >= 11 is 0. The second-order valence-corrected chi connectivity index (χ2v) is 14.6. The molecule has 4 heteroatoms. The van der Waals surface area contributed by atoms with Crippen molar-refractivity contribution >= 4 is 43.6 Å². The van der Waals surface area contributed by atoms with Gasteiger partial charge in [0.25, 0.3) is 0 Å². The zero-order valence-corrected chi connectivity index (χ0v) is 29.5. The Morgan fingerprint density at radius 3 is 1.62 bits per heavy atom. The first-order valence-corrected chi connectivity index (χ1v) is 18.3. The molecular weight excluding hydrogens is 645 g/mol. The molecule has 0 atom stereocenters. The lowest BCUT2D eigenvalue weighted by atomic mass is 9.81. The van der Waals surface area contributed by atoms with E-state index in [0.717, 1.165) is 39.2 Å². The number of para-hydroxylation sites is 3. The van der Waals surface area contributed by atoms with Gasteiger partial charge in [-0.05, 0) is 52.6 Å². The predicted octanol–water partition coefficient (Wildman–Crippen LogP) is 12.3. The minimum Gasteiger partial charge on any atom is -0.309 e. The fraction of sp³-hybridized carbons (Fsp3) is 0.0612. The standard InChI is InChI=1S/C49H34N4/c1-49(2)37-27-15-12-24-34(37)42-43-35-25-13-16-28-40(35)52(33-22-10-5-11-23-33)46(43)44-36-26-14-17-29-41(36)53(47(44)45(42)49)48-50-38(31-18-6-3-7-19-31)30-39(51-48)32-20-8-4-9-21-32/h3-30H,1-2H3. The van der Waals surface area contributed by atoms with Crippen molar-refractivity contribution in [3.63, 3.8) is 0 Å². The van der Waals surface area contributed by atoms with Gasteiger partial charge in [-0.25, -0.2) is 9.97 Å². The highest BCUT2D eigenvalue weighted by Gasteiger charge is 2.41. The fourth-order valence-electron chi connectivity index (χ4n) is 9.05. The Kier molecular flexibility index (Phi) is 6.27. The van der Waals surface area contributed by atoms with Gasteiger partial charge in [-0.2, -0.15) is 0 Å². The lowest BCUT2D eigenvalue weighted by Gasteiger charge is -2.24. The van der Waals surface area contributed by atoms with Crippen molar-refractivity contribution in [2.45, 2.75) is 19.3 Å². The van der Waals surface area contributed by atoms with Gasteiger partial charge in [0.1, 0.15) is 0 Å². The molecule has 10 aromatic rings. The van der Waals surface area contributed by atoms with E-state index >= 15 is 0 Å². The first-order valence-electron chi connectivity index (χ1n) is 18.3. The summed E-state index contributed by atoms with van der Waals surface area (Å²) in [5.74, 6) is 0.659. The van der Waals surface area contributed by atoms with Gasteiger partial charge in [-0.1, -0.05) is 153 Å². The summed E-state index contributed by atoms with van der Waals surface area (Å²) in [5, 5.41) is 4.93. The Labute approximate surface area is 307 Å². The van der Waals surface area contributed by atoms with Gasteiger partial charge in [-0.3, -0.25) is 4.57 Å². The molecule has 0 unspecified atom stereocenters. The first-order chi connectivity index (χ1) is 26.1. The summed E-state index contributed by atoms with van der Waals surface area (Å²) < 4.78 is 4.84. The van der Waals surface area contributed by atoms with Crippen molar-refractivity contribution in [3.05, 3.63) is 181 Å². The number of hydrogen-bond donors (Lipinski definition) is 0. The van der Waals surface area contributed by atoms with E-state index in [9.17, 15) is 0 Å². The lowest BCUT2D eigenvalue weighted by Crippen LogP contribution is -2.17. The summed E-state index contributed by atoms with van der Waals surface area (Å²) in [6.07, 6.45) is 0. The predicted molar refractivity (Wildman–Crippen MR) is 219 cm³/mol. The van der Waals surface area contributed by atoms with Gasteiger partial charge in [0.05, 0.1) is 33.5 Å². The van der Waals surface area contributed by atoms with E-state index in [4.69, 9.17) is 9.97 Å². The maximum atomic E-state index is 5.44. The largest absolute Gasteiger partial charge is 0.309 e. The molecule has 53 heavy (non-hydrogen) atoms. The van der Waals surface area contributed by atoms with Crippen molar-refractivity contribution < 1.29 is 0 Å². The van der Waals surface area contributed by atoms with Crippen LogP contribution in [0.5, 0.6) is 0 Å². The average molecular weight is 679 g/mol. The zero-order valence-electron chi connectivity index (χ0n) is 29.5. The number of fused-ring (bicyclic) bond motifs is 12. The van der Waals surface area contributed by atoms with Crippen molar-refractivity contribution in [3.8, 4) is 45.3 Å². The topological polar surface area (TPSA) is 35.6 Å². The molecule has 0 N–H and O–H groups in total. The maximum Gasteiger partial charge on any atom is 0.235 e. The molecule has 0 radical (unpaired) electrons. The van der Waals surface area contributed by atoms with Gasteiger partial charge < -0.3 is 4.57 Å². The van der Waals surface area contributed by atoms with E-state index in [-0.39, 0.29) is 5.41 Å². The van der Waals surface area contributed by atoms with Crippen molar-refractivity contribution in [1.82, 2.24) is 19.1 Å². The molecule has 1 aliphatic carbocycles. The number of hydrogen-bond acceptors (Lipinski definition) is 2. The molecule has 0 fully saturated rings. The third-order valence-corrected chi connectivity index (χ3v) is 11.3. The van der Waals surface area contributed by atoms with Crippen LogP contribution in [0.1, 0.15) is 25.0 Å². The number of benzene rings is 7. The van der Waals surface area contributed by atoms with Crippen LogP contribution in [0.15, 0.2) is 170 Å². The Morgan fingerprint density at radius 2 is 0.981 bits per heavy atom. The van der Waals surface area contributed by atoms with Crippen LogP contribution in [0.2, 0.25) is 0 Å². The Morgan fingerprint density at radius 1 is 0.472 bits per heavy atom. The Hall–Kier alpha value is -6.78. The van der Waals surface area contributed by atoms with Crippen LogP contribution in [0.3, 0.4) is 0 Å². The van der Waals surface area contributed by atoms with Crippen LogP contribution < -0.4 is 0 Å². The van der Waals surface area contributed by atoms with Crippen LogP contribution in [0.4, 0.5) is 0 Å². The third-order valence-electron chi connectivity index (χ3n) is 11.3. The highest BCUT2D eigenvalue weighted by molar-refractivity contribution is 6.32. The summed E-state index contributed by atoms with van der Waals surface area (Å²) in [5.41, 5.74) is 14.6. The summed E-state index contributed by atoms with van der Waals surface area (Å²) in [6, 6.07) is 60.6. The van der Waals surface area contributed by atoms with E-state index in [1.54, 1.807) is 0 Å². The monoisotopic (exact) mass is 678 g/mol. The SMILES string of the molecule is CC1(C)c2ccccc2-c2c1c1c(c3ccccc3n1-c1nc(-c3ccccc3)cc(-c3ccccc3)n1)c1c2c2ccccc2n1-c1ccccc1. The fourth-order valence-corrected chi connectivity index (χ4v) is 9.05. The maximum absolute atomic E-state index is 5.44. The van der Waals surface area contributed by atoms with E-state index in [2.05, 4.69) is 193 Å². The number of nitrogens with zero attached hydrogens (tertiary/aromatic N) is 4. The Bertz CT molecular complexity index is 3000. The zero-order chi connectivity index (χ0) is 35.3. The molecule has 4 nitrogen and oxygen atoms in total. The second kappa shape index (κ2) is 11.1. The molecule has 1 aliphatic rings. The summed E-state index contributed by atoms with van der Waals surface area (Å²) in [4.78, 5) is 10.9.